The van der Waals surface area contributed by atoms with Crippen LogP contribution in [0.5, 0.6) is 0 Å². The van der Waals surface area contributed by atoms with Gasteiger partial charge in [0.2, 0.25) is 88.6 Å². The van der Waals surface area contributed by atoms with Gasteiger partial charge in [0.15, 0.2) is 0 Å². The molecule has 0 bridgehead atoms. The fourth-order valence-electron chi connectivity index (χ4n) is 12.5. The van der Waals surface area contributed by atoms with Gasteiger partial charge in [-0.25, -0.2) is 4.79 Å². The van der Waals surface area contributed by atoms with E-state index in [1.165, 1.54) is 13.8 Å². The van der Waals surface area contributed by atoms with Crippen molar-refractivity contribution in [3.63, 3.8) is 0 Å². The summed E-state index contributed by atoms with van der Waals surface area (Å²) < 4.78 is 0. The van der Waals surface area contributed by atoms with Gasteiger partial charge in [-0.1, -0.05) is 98.8 Å². The molecule has 0 fully saturated rings. The highest BCUT2D eigenvalue weighted by molar-refractivity contribution is 7.81. The minimum absolute atomic E-state index is 0.110. The van der Waals surface area contributed by atoms with Gasteiger partial charge in [0.25, 0.3) is 0 Å². The van der Waals surface area contributed by atoms with E-state index in [2.05, 4.69) is 196 Å². The number of amides is 15. The normalized spacial score (nSPS) is 14.9. The van der Waals surface area contributed by atoms with Gasteiger partial charge >= 0.3 is 5.97 Å². The molecule has 664 valence electrons. The second kappa shape index (κ2) is 49.3. The molecule has 123 heavy (non-hydrogen) atoms. The Morgan fingerprint density at radius 3 is 0.951 bits per heavy atom. The molecule has 0 saturated carbocycles. The molecular weight excluding hydrogens is 1740 g/mol. The van der Waals surface area contributed by atoms with Crippen molar-refractivity contribution in [2.75, 3.05) is 52.6 Å². The van der Waals surface area contributed by atoms with Crippen molar-refractivity contribution in [2.45, 2.75) is 144 Å². The zero-order chi connectivity index (χ0) is 90.3. The highest BCUT2D eigenvalue weighted by atomic mass is 32.1. The van der Waals surface area contributed by atoms with Crippen LogP contribution >= 0.6 is 101 Å². The van der Waals surface area contributed by atoms with Crippen LogP contribution in [0.1, 0.15) is 49.9 Å². The highest BCUT2D eigenvalue weighted by Gasteiger charge is 2.38. The highest BCUT2D eigenvalue weighted by Crippen LogP contribution is 2.23. The molecule has 7 aromatic rings. The van der Waals surface area contributed by atoms with Crippen molar-refractivity contribution in [2.24, 2.45) is 11.7 Å². The van der Waals surface area contributed by atoms with Gasteiger partial charge < -0.3 is 106 Å². The Kier molecular flexibility index (Phi) is 40.0. The third-order valence-electron chi connectivity index (χ3n) is 19.5. The number of carbonyl (C=O) groups excluding carboxylic acids is 15. The SMILES string of the molecule is CC(C)[C@H](NC(=O)[C@H](CS)NC(=O)[C@@H](N)Cc1ccccc1)C(=O)N[C@@H](CS)C(=O)NCC(=O)N[C@@H](CS)C(=O)N[C@@H](CS)C(=O)N[C@@H](Cc1c[nH]c2ccccc12)C(=O)N[C@@H](CS)C(=O)N[C@@H](Cc1c[nH]c2ccccc12)C(=O)N[C@@H](CS)C(=O)N[C@@H](C)C(=O)N[C@@H](C)C(=O)N[C@@H](CS)C(=O)N[C@@H](Cc1c[nH]c2ccccc12)C(=O)N[C@@H](CS)C(=O)O. The Morgan fingerprint density at radius 1 is 0.309 bits per heavy atom. The first-order valence-electron chi connectivity index (χ1n) is 38.8. The van der Waals surface area contributed by atoms with Crippen LogP contribution in [0.25, 0.3) is 32.7 Å². The lowest BCUT2D eigenvalue weighted by Gasteiger charge is -2.27. The maximum Gasteiger partial charge on any atom is 0.327 e. The lowest BCUT2D eigenvalue weighted by atomic mass is 10.0. The first kappa shape index (κ1) is 99.9. The molecule has 0 aliphatic carbocycles. The van der Waals surface area contributed by atoms with Crippen LogP contribution in [0.4, 0.5) is 0 Å². The number of benzene rings is 4. The zero-order valence-corrected chi connectivity index (χ0v) is 74.3. The Balaban J connectivity index is 0.963. The Bertz CT molecular complexity index is 4910. The number of hydrogen-bond acceptors (Lipinski definition) is 25. The minimum atomic E-state index is -1.55. The minimum Gasteiger partial charge on any atom is -0.480 e. The summed E-state index contributed by atoms with van der Waals surface area (Å²) in [5.41, 5.74) is 10.6. The summed E-state index contributed by atoms with van der Waals surface area (Å²) in [5.74, 6) is -17.7. The molecule has 0 spiro atoms. The summed E-state index contributed by atoms with van der Waals surface area (Å²) in [6.45, 7) is 5.08. The number of para-hydroxylation sites is 3. The number of hydrogen-bond donors (Lipinski definition) is 28. The Morgan fingerprint density at radius 2 is 0.585 bits per heavy atom. The molecule has 3 aromatic heterocycles. The largest absolute Gasteiger partial charge is 0.480 e. The van der Waals surface area contributed by atoms with Gasteiger partial charge in [0.1, 0.15) is 84.6 Å². The van der Waals surface area contributed by atoms with Gasteiger partial charge in [-0.2, -0.15) is 101 Å². The molecular formula is C79H103N19O17S8. The molecule has 0 aliphatic rings. The number of aliphatic carboxylic acids is 1. The topological polar surface area (TPSA) is 547 Å². The van der Waals surface area contributed by atoms with E-state index in [9.17, 15) is 81.8 Å². The van der Waals surface area contributed by atoms with Gasteiger partial charge in [0, 0.05) is 117 Å². The summed E-state index contributed by atoms with van der Waals surface area (Å²) in [7, 11) is 0. The molecule has 15 amide bonds. The Hall–Kier alpha value is -10.2. The predicted molar refractivity (Wildman–Crippen MR) is 489 cm³/mol. The summed E-state index contributed by atoms with van der Waals surface area (Å²) in [6, 6.07) is 9.37. The molecule has 0 unspecified atom stereocenters. The summed E-state index contributed by atoms with van der Waals surface area (Å²) in [6.07, 6.45) is 4.48. The molecule has 3 heterocycles. The van der Waals surface area contributed by atoms with E-state index in [0.717, 1.165) is 16.5 Å². The molecule has 4 aromatic carbocycles. The molecule has 0 radical (unpaired) electrons. The van der Waals surface area contributed by atoms with Crippen LogP contribution in [-0.2, 0) is 102 Å². The van der Waals surface area contributed by atoms with Crippen molar-refractivity contribution in [1.29, 1.82) is 0 Å². The molecule has 7 rings (SSSR count). The number of fused-ring (bicyclic) bond motifs is 3. The van der Waals surface area contributed by atoms with E-state index < -0.39 is 203 Å². The number of aromatic nitrogens is 3. The van der Waals surface area contributed by atoms with Crippen molar-refractivity contribution < 1.29 is 81.8 Å². The predicted octanol–water partition coefficient (Wildman–Crippen LogP) is -2.15. The number of aromatic amines is 3. The monoisotopic (exact) mass is 1850 g/mol. The second-order valence-electron chi connectivity index (χ2n) is 28.9. The standard InChI is InChI=1S/C79H103N19O17S8/c1-38(2)64(98-77(112)61(36-122)92-67(102)48(80)22-41-14-6-5-7-15-41)78(113)96-55(30-116)68(103)84-29-63(99)87-56(31-117)73(108)95-60(35-121)76(111)89-53(24-43-27-82-50-20-12-9-17-46(43)50)70(105)94-59(34-120)75(110)88-52(23-42-26-81-49-19-11-8-16-45(42)49)69(104)93-57(32-118)72(107)86-39(3)65(100)85-40(4)66(101)91-58(33-119)74(109)90-54(71(106)97-62(37-123)79(114)115)25-44-28-83-51-21-13-10-18-47(44)51/h5-21,26-28,38-40,48,52-62,64,81-83,116-123H,22-25,29-37,80H2,1-4H3,(H,84,103)(H,85,100)(H,86,107)(H,87,99)(H,88,110)(H,89,111)(H,90,109)(H,91,101)(H,92,102)(H,93,104)(H,94,105)(H,95,108)(H,96,113)(H,97,106)(H,98,112)(H,114,115)/t39-,40-,48-,52-,53-,54-,55-,56-,57-,58-,59-,60-,61-,62-,64-/m0/s1. The summed E-state index contributed by atoms with van der Waals surface area (Å²) in [4.78, 5) is 229. The van der Waals surface area contributed by atoms with Crippen LogP contribution in [0, 0.1) is 5.92 Å². The number of thiol groups is 8. The Labute approximate surface area is 751 Å². The number of carboxylic acids is 1. The van der Waals surface area contributed by atoms with Crippen LogP contribution in [0.15, 0.2) is 122 Å². The number of nitrogens with one attached hydrogen (secondary N) is 18. The number of H-pyrrole nitrogens is 3. The van der Waals surface area contributed by atoms with Crippen molar-refractivity contribution in [3.8, 4) is 0 Å². The number of rotatable bonds is 48. The summed E-state index contributed by atoms with van der Waals surface area (Å²) in [5, 5.41) is 49.6. The molecule has 0 saturated heterocycles. The number of carboxylic acid groups (broad SMARTS) is 1. The fraction of sp³-hybridized carbons (Fsp3) is 0.418. The van der Waals surface area contributed by atoms with Crippen LogP contribution in [-0.4, -0.2) is 258 Å². The van der Waals surface area contributed by atoms with Gasteiger partial charge in [0.05, 0.1) is 12.6 Å². The number of nitrogens with two attached hydrogens (primary N) is 1. The average Bonchev–Trinajstić information content (AvgIpc) is 1.72. The maximum absolute atomic E-state index is 14.8. The van der Waals surface area contributed by atoms with Crippen LogP contribution in [0.3, 0.4) is 0 Å². The average molecular weight is 1850 g/mol. The van der Waals surface area contributed by atoms with E-state index in [1.54, 1.807) is 129 Å². The number of carbonyl (C=O) groups is 16. The lowest BCUT2D eigenvalue weighted by molar-refractivity contribution is -0.141. The van der Waals surface area contributed by atoms with E-state index in [0.29, 0.717) is 38.5 Å². The van der Waals surface area contributed by atoms with Crippen molar-refractivity contribution in [1.82, 2.24) is 94.7 Å². The third-order valence-corrected chi connectivity index (χ3v) is 22.5. The lowest BCUT2D eigenvalue weighted by Crippen LogP contribution is -2.61. The maximum atomic E-state index is 14.8. The van der Waals surface area contributed by atoms with E-state index in [1.807, 2.05) is 6.07 Å². The van der Waals surface area contributed by atoms with E-state index in [-0.39, 0.29) is 66.0 Å². The first-order chi connectivity index (χ1) is 58.7. The third kappa shape index (κ3) is 29.2. The second-order valence-corrected chi connectivity index (χ2v) is 31.8. The first-order valence-corrected chi connectivity index (χ1v) is 43.8. The van der Waals surface area contributed by atoms with Crippen molar-refractivity contribution in [3.05, 3.63) is 144 Å². The van der Waals surface area contributed by atoms with Crippen molar-refractivity contribution >= 4 is 228 Å². The molecule has 36 nitrogen and oxygen atoms in total. The van der Waals surface area contributed by atoms with E-state index >= 15 is 0 Å². The van der Waals surface area contributed by atoms with Gasteiger partial charge in [-0.3, -0.25) is 71.9 Å². The molecule has 15 atom stereocenters. The smallest absolute Gasteiger partial charge is 0.327 e. The van der Waals surface area contributed by atoms with Gasteiger partial charge in [-0.05, 0) is 66.6 Å². The van der Waals surface area contributed by atoms with Crippen LogP contribution < -0.4 is 85.5 Å². The van der Waals surface area contributed by atoms with E-state index in [4.69, 9.17) is 5.73 Å². The van der Waals surface area contributed by atoms with Gasteiger partial charge in [-0.15, -0.1) is 0 Å². The zero-order valence-electron chi connectivity index (χ0n) is 67.1. The molecule has 21 N–H and O–H groups in total. The quantitative estimate of drug-likeness (QED) is 0.0181. The molecule has 44 heteroatoms. The fourth-order valence-corrected chi connectivity index (χ4v) is 14.6. The molecule has 0 aliphatic heterocycles. The summed E-state index contributed by atoms with van der Waals surface area (Å²) >= 11 is 34.0. The van der Waals surface area contributed by atoms with Crippen LogP contribution in [0.2, 0.25) is 0 Å².